The lowest BCUT2D eigenvalue weighted by molar-refractivity contribution is -0.297. The zero-order valence-corrected chi connectivity index (χ0v) is 72.4. The number of fused-ring (bicyclic) bond motifs is 4. The van der Waals surface area contributed by atoms with Crippen molar-refractivity contribution in [2.75, 3.05) is 211 Å². The van der Waals surface area contributed by atoms with Crippen LogP contribution in [-0.2, 0) is 158 Å². The Kier molecular flexibility index (Phi) is 48.1. The third-order valence-corrected chi connectivity index (χ3v) is 20.7. The van der Waals surface area contributed by atoms with Gasteiger partial charge in [0.2, 0.25) is 29.5 Å². The topological polar surface area (TPSA) is 604 Å². The number of nitrogens with zero attached hydrogens (tertiary/aromatic N) is 9. The van der Waals surface area contributed by atoms with Gasteiger partial charge in [-0.25, -0.2) is 14.0 Å². The van der Waals surface area contributed by atoms with E-state index < -0.39 is 108 Å². The van der Waals surface area contributed by atoms with E-state index in [-0.39, 0.29) is 228 Å². The van der Waals surface area contributed by atoms with Crippen molar-refractivity contribution in [1.82, 2.24) is 71.6 Å². The summed E-state index contributed by atoms with van der Waals surface area (Å²) >= 11 is 0. The number of hydrogen-bond donors (Lipinski definition) is 14. The summed E-state index contributed by atoms with van der Waals surface area (Å²) in [5.74, 6) is -1.65. The van der Waals surface area contributed by atoms with Crippen LogP contribution in [0, 0.1) is 0 Å². The molecule has 3 aromatic heterocycles. The maximum absolute atomic E-state index is 14.2. The second-order valence-corrected chi connectivity index (χ2v) is 31.4. The quantitative estimate of drug-likeness (QED) is 0.0234. The molecule has 8 rings (SSSR count). The van der Waals surface area contributed by atoms with Crippen LogP contribution in [0.25, 0.3) is 0 Å². The van der Waals surface area contributed by atoms with Gasteiger partial charge in [0.25, 0.3) is 0 Å². The SMILES string of the molecule is CC(=O)NC1C(O)OC(C)(COCCOCCOCCOCCn2cc(COCC(COCc3cn(CCOCCOCCOCCOCC45COC(CC(O)C4O)O5)nn3)(COCc3cn(CCOCCOCCOCCOCC45COC(O4)C(NC(C)=O)C(O)C5O)nn3)NC(=O)CCCCCNC(=O)CCCCCC(=O)NC(CO)CO)nn2)C(O)C1O. The molecule has 15 atom stereocenters. The van der Waals surface area contributed by atoms with Gasteiger partial charge >= 0.3 is 0 Å². The van der Waals surface area contributed by atoms with E-state index in [1.165, 1.54) is 20.8 Å². The normalized spacial score (nSPS) is 25.0. The lowest BCUT2D eigenvalue weighted by Crippen LogP contribution is -2.68. The Bertz CT molecular complexity index is 3520. The largest absolute Gasteiger partial charge is 0.394 e. The van der Waals surface area contributed by atoms with Crippen LogP contribution >= 0.6 is 0 Å². The first-order valence-electron chi connectivity index (χ1n) is 43.0. The molecule has 5 aliphatic heterocycles. The minimum atomic E-state index is -1.57. The average molecular weight is 1810 g/mol. The minimum Gasteiger partial charge on any atom is -0.394 e. The molecular weight excluding hydrogens is 1680 g/mol. The van der Waals surface area contributed by atoms with Gasteiger partial charge in [0.15, 0.2) is 18.9 Å². The van der Waals surface area contributed by atoms with Crippen molar-refractivity contribution in [2.45, 2.75) is 220 Å². The van der Waals surface area contributed by atoms with Crippen LogP contribution in [-0.4, -0.2) is 428 Å². The molecule has 5 saturated heterocycles. The Morgan fingerprint density at radius 3 is 1.32 bits per heavy atom. The second-order valence-electron chi connectivity index (χ2n) is 31.4. The summed E-state index contributed by atoms with van der Waals surface area (Å²) in [6.07, 6.45) is -1.37. The van der Waals surface area contributed by atoms with E-state index in [0.29, 0.717) is 121 Å². The van der Waals surface area contributed by atoms with Crippen LogP contribution in [0.2, 0.25) is 0 Å². The van der Waals surface area contributed by atoms with Gasteiger partial charge in [-0.2, -0.15) is 0 Å². The molecule has 5 aliphatic rings. The molecule has 48 nitrogen and oxygen atoms in total. The number of ether oxygens (including phenoxy) is 20. The molecule has 5 fully saturated rings. The molecule has 48 heteroatoms. The summed E-state index contributed by atoms with van der Waals surface area (Å²) in [4.78, 5) is 62.1. The van der Waals surface area contributed by atoms with Crippen LogP contribution in [0.5, 0.6) is 0 Å². The van der Waals surface area contributed by atoms with E-state index in [4.69, 9.17) is 94.7 Å². The van der Waals surface area contributed by atoms with Crippen molar-refractivity contribution < 1.29 is 165 Å². The van der Waals surface area contributed by atoms with E-state index in [1.807, 2.05) is 0 Å². The first kappa shape index (κ1) is 105. The zero-order valence-electron chi connectivity index (χ0n) is 72.4. The van der Waals surface area contributed by atoms with Gasteiger partial charge in [-0.3, -0.25) is 24.0 Å². The molecule has 126 heavy (non-hydrogen) atoms. The predicted octanol–water partition coefficient (Wildman–Crippen LogP) is -6.52. The number of carbonyl (C=O) groups excluding carboxylic acids is 5. The minimum absolute atomic E-state index is 0.0219. The summed E-state index contributed by atoms with van der Waals surface area (Å²) in [5.41, 5.74) is -3.74. The Hall–Kier alpha value is -6.39. The van der Waals surface area contributed by atoms with Crippen LogP contribution in [0.15, 0.2) is 18.6 Å². The summed E-state index contributed by atoms with van der Waals surface area (Å²) in [7, 11) is 0. The predicted molar refractivity (Wildman–Crippen MR) is 429 cm³/mol. The molecule has 3 aromatic rings. The molecule has 720 valence electrons. The monoisotopic (exact) mass is 1810 g/mol. The first-order chi connectivity index (χ1) is 61.0. The fraction of sp³-hybridized carbons (Fsp3) is 0.859. The van der Waals surface area contributed by atoms with Crippen molar-refractivity contribution in [3.63, 3.8) is 0 Å². The van der Waals surface area contributed by atoms with Gasteiger partial charge in [0, 0.05) is 46.1 Å². The van der Waals surface area contributed by atoms with Crippen molar-refractivity contribution >= 4 is 29.5 Å². The molecular formula is C78H134N14O34. The highest BCUT2D eigenvalue weighted by Crippen LogP contribution is 2.39. The number of carbonyl (C=O) groups is 5. The highest BCUT2D eigenvalue weighted by molar-refractivity contribution is 5.77. The van der Waals surface area contributed by atoms with Gasteiger partial charge in [-0.05, 0) is 32.6 Å². The maximum atomic E-state index is 14.2. The molecule has 0 aliphatic carbocycles. The van der Waals surface area contributed by atoms with Crippen molar-refractivity contribution in [1.29, 1.82) is 0 Å². The van der Waals surface area contributed by atoms with Crippen LogP contribution < -0.4 is 26.6 Å². The number of unbranched alkanes of at least 4 members (excludes halogenated alkanes) is 4. The third-order valence-electron chi connectivity index (χ3n) is 20.7. The molecule has 0 aromatic carbocycles. The van der Waals surface area contributed by atoms with E-state index in [2.05, 4.69) is 57.5 Å². The smallest absolute Gasteiger partial charge is 0.220 e. The number of hydrogen-bond acceptors (Lipinski definition) is 40. The third kappa shape index (κ3) is 37.1. The summed E-state index contributed by atoms with van der Waals surface area (Å²) < 4.78 is 120. The number of amides is 5. The first-order valence-corrected chi connectivity index (χ1v) is 43.0. The van der Waals surface area contributed by atoms with Crippen LogP contribution in [0.1, 0.15) is 102 Å². The summed E-state index contributed by atoms with van der Waals surface area (Å²) in [5, 5.41) is 131. The molecule has 0 spiro atoms. The average Bonchev–Trinajstić information content (AvgIpc) is 1.55. The van der Waals surface area contributed by atoms with Gasteiger partial charge < -0.3 is 167 Å². The Morgan fingerprint density at radius 2 is 0.857 bits per heavy atom. The van der Waals surface area contributed by atoms with E-state index in [1.54, 1.807) is 32.6 Å². The van der Waals surface area contributed by atoms with Crippen LogP contribution in [0.4, 0.5) is 0 Å². The summed E-state index contributed by atoms with van der Waals surface area (Å²) in [6, 6.07) is -2.84. The molecule has 0 radical (unpaired) electrons. The Morgan fingerprint density at radius 1 is 0.460 bits per heavy atom. The molecule has 0 saturated carbocycles. The molecule has 14 N–H and O–H groups in total. The lowest BCUT2D eigenvalue weighted by atomic mass is 9.87. The van der Waals surface area contributed by atoms with Crippen molar-refractivity contribution in [2.24, 2.45) is 0 Å². The lowest BCUT2D eigenvalue weighted by Gasteiger charge is -2.46. The number of nitrogens with one attached hydrogen (secondary N) is 5. The van der Waals surface area contributed by atoms with Gasteiger partial charge in [-0.15, -0.1) is 15.3 Å². The van der Waals surface area contributed by atoms with Crippen LogP contribution in [0.3, 0.4) is 0 Å². The van der Waals surface area contributed by atoms with Gasteiger partial charge in [-0.1, -0.05) is 28.5 Å². The maximum Gasteiger partial charge on any atom is 0.220 e. The van der Waals surface area contributed by atoms with E-state index in [0.717, 1.165) is 0 Å². The standard InChI is InChI=1S/C78H134N14O34/c1-55(95)80-66-68(101)71(104)75(3,125-73(66)106)47-116-35-32-113-29-26-110-23-20-107-17-14-90-39-57(84-87-90)44-119-48-76(83-64(100)12-8-5-9-13-79-62(98)10-6-4-7-11-63(99)82-60(42-93)43-94,49-120-45-58-40-91(88-85-58)15-18-108-21-24-111-27-30-114-33-36-117-51-77-53-122-65(124-77)38-61(97)70(77)103)50-121-46-59-41-92(89-86-59)16-19-109-22-25-112-28-31-115-34-37-118-52-78-54-123-74(126-78)67(81-56(2)96)69(102)72(78)105/h39-41,60-61,65-74,93-94,97,101-106H,4-38,42-54H2,1-3H3,(H,79,98)(H,80,95)(H,81,96)(H,82,99)(H,83,100). The summed E-state index contributed by atoms with van der Waals surface area (Å²) in [6.45, 7) is 9.67. The molecule has 8 heterocycles. The Labute approximate surface area is 730 Å². The number of aromatic nitrogens is 9. The number of rotatable bonds is 72. The fourth-order valence-electron chi connectivity index (χ4n) is 13.9. The molecule has 4 bridgehead atoms. The molecule has 15 unspecified atom stereocenters. The van der Waals surface area contributed by atoms with E-state index >= 15 is 0 Å². The van der Waals surface area contributed by atoms with E-state index in [9.17, 15) is 69.9 Å². The van der Waals surface area contributed by atoms with Gasteiger partial charge in [0.1, 0.15) is 82.0 Å². The van der Waals surface area contributed by atoms with Crippen molar-refractivity contribution in [3.8, 4) is 0 Å². The number of aliphatic hydroxyl groups excluding tert-OH is 9. The zero-order chi connectivity index (χ0) is 90.3. The van der Waals surface area contributed by atoms with Gasteiger partial charge in [0.05, 0.1) is 275 Å². The number of aliphatic hydroxyl groups is 9. The van der Waals surface area contributed by atoms with Crippen molar-refractivity contribution in [3.05, 3.63) is 35.7 Å². The Balaban J connectivity index is 0.774. The molecule has 5 amide bonds. The highest BCUT2D eigenvalue weighted by Gasteiger charge is 2.60. The highest BCUT2D eigenvalue weighted by atomic mass is 16.8. The second kappa shape index (κ2) is 57.7. The fourth-order valence-corrected chi connectivity index (χ4v) is 13.9.